The summed E-state index contributed by atoms with van der Waals surface area (Å²) in [7, 11) is 13.5. The second-order valence-electron chi connectivity index (χ2n) is 7.79. The zero-order chi connectivity index (χ0) is 16.2. The van der Waals surface area contributed by atoms with Crippen molar-refractivity contribution in [1.29, 1.82) is 0 Å². The molecule has 1 fully saturated rings. The summed E-state index contributed by atoms with van der Waals surface area (Å²) in [6.07, 6.45) is 1.25. The van der Waals surface area contributed by atoms with Crippen molar-refractivity contribution in [2.45, 2.75) is 72.1 Å². The summed E-state index contributed by atoms with van der Waals surface area (Å²) in [5.74, 6) is -1.16. The molecule has 1 N–H and O–H groups in total. The van der Waals surface area contributed by atoms with E-state index in [0.29, 0.717) is 11.6 Å². The quantitative estimate of drug-likeness (QED) is 0.646. The first-order valence-corrected chi connectivity index (χ1v) is 16.8. The van der Waals surface area contributed by atoms with Gasteiger partial charge in [0.25, 0.3) is 0 Å². The molecule has 3 atom stereocenters. The Balaban J connectivity index is 2.43. The molecule has 0 aromatic rings. The monoisotopic (exact) mass is 380 g/mol. The van der Waals surface area contributed by atoms with Crippen LogP contribution in [0, 0.1) is 5.92 Å². The molecular formula is C16H28Cl2NSiTi. The molecule has 119 valence electrons. The van der Waals surface area contributed by atoms with Gasteiger partial charge in [0.2, 0.25) is 0 Å². The average Bonchev–Trinajstić information content (AvgIpc) is 2.52. The number of nitrogens with one attached hydrogen (secondary N) is 1. The van der Waals surface area contributed by atoms with Crippen LogP contribution in [-0.4, -0.2) is 17.1 Å². The fraction of sp³-hybridized carbons (Fsp3) is 0.750. The van der Waals surface area contributed by atoms with Crippen molar-refractivity contribution in [3.63, 3.8) is 0 Å². The average molecular weight is 381 g/mol. The molecule has 0 spiro atoms. The van der Waals surface area contributed by atoms with Crippen molar-refractivity contribution in [3.8, 4) is 0 Å². The molecule has 1 aliphatic heterocycles. The molecule has 1 nitrogen and oxygen atoms in total. The number of hydrogen-bond donors (Lipinski definition) is 1. The maximum absolute atomic E-state index is 6.77. The normalized spacial score (nSPS) is 33.6. The fourth-order valence-electron chi connectivity index (χ4n) is 4.03. The summed E-state index contributed by atoms with van der Waals surface area (Å²) in [5, 5.41) is 5.54. The van der Waals surface area contributed by atoms with Gasteiger partial charge in [0.05, 0.1) is 0 Å². The third-order valence-electron chi connectivity index (χ3n) is 5.49. The standard InChI is InChI=1S/C16H28NSi.2ClH.Ti/c1-10-11(2)13(4)15(12(10)3)18-9-8-14(18)17-16(5,6)7;;;/h12,14,17H,8-9H2,1-7H3;2*1H;/q;;;+2/p-2. The Morgan fingerprint density at radius 1 is 1.14 bits per heavy atom. The van der Waals surface area contributed by atoms with Crippen LogP contribution in [0.1, 0.15) is 54.9 Å². The molecule has 2 aliphatic rings. The number of hydrogen-bond acceptors (Lipinski definition) is 1. The van der Waals surface area contributed by atoms with Gasteiger partial charge in [-0.15, -0.1) is 0 Å². The first kappa shape index (κ1) is 18.3. The summed E-state index contributed by atoms with van der Waals surface area (Å²) in [6.45, 7) is 16.0. The van der Waals surface area contributed by atoms with Crippen LogP contribution in [0.5, 0.6) is 0 Å². The van der Waals surface area contributed by atoms with Crippen LogP contribution in [-0.2, 0) is 15.0 Å². The molecule has 2 rings (SSSR count). The molecule has 5 heteroatoms. The fourth-order valence-corrected chi connectivity index (χ4v) is 23.8. The minimum absolute atomic E-state index is 0.138. The SMILES string of the molecule is CC1=C(C)C(C)C([Si]2([Ti]([Cl])[Cl])CCC2NC(C)(C)C)=C1C. The topological polar surface area (TPSA) is 12.0 Å². The molecule has 21 heavy (non-hydrogen) atoms. The molecule has 0 saturated carbocycles. The summed E-state index contributed by atoms with van der Waals surface area (Å²) < 4.78 is 0. The Labute approximate surface area is 144 Å². The predicted octanol–water partition coefficient (Wildman–Crippen LogP) is 5.40. The maximum atomic E-state index is 6.77. The van der Waals surface area contributed by atoms with Gasteiger partial charge in [-0.1, -0.05) is 0 Å². The van der Waals surface area contributed by atoms with Crippen LogP contribution in [0.4, 0.5) is 0 Å². The van der Waals surface area contributed by atoms with Gasteiger partial charge < -0.3 is 0 Å². The molecule has 0 amide bonds. The first-order chi connectivity index (χ1) is 9.52. The van der Waals surface area contributed by atoms with E-state index in [1.54, 1.807) is 5.20 Å². The van der Waals surface area contributed by atoms with Crippen LogP contribution in [0.3, 0.4) is 0 Å². The second kappa shape index (κ2) is 6.11. The number of allylic oxidation sites excluding steroid dienone is 4. The first-order valence-electron chi connectivity index (χ1n) is 7.87. The zero-order valence-corrected chi connectivity index (χ0v) is 18.4. The number of rotatable bonds is 3. The van der Waals surface area contributed by atoms with Crippen molar-refractivity contribution in [1.82, 2.24) is 5.32 Å². The van der Waals surface area contributed by atoms with Crippen LogP contribution in [0.25, 0.3) is 0 Å². The molecule has 0 aromatic carbocycles. The summed E-state index contributed by atoms with van der Waals surface area (Å²) in [4.78, 5) is 0. The third kappa shape index (κ3) is 3.02. The van der Waals surface area contributed by atoms with E-state index in [1.807, 2.05) is 0 Å². The number of halogens is 2. The van der Waals surface area contributed by atoms with E-state index in [-0.39, 0.29) is 5.54 Å². The van der Waals surface area contributed by atoms with Crippen LogP contribution >= 0.6 is 18.6 Å². The molecule has 0 aromatic heterocycles. The molecule has 1 aliphatic carbocycles. The van der Waals surface area contributed by atoms with Crippen LogP contribution in [0.15, 0.2) is 21.9 Å². The van der Waals surface area contributed by atoms with Gasteiger partial charge in [0.15, 0.2) is 0 Å². The van der Waals surface area contributed by atoms with E-state index in [0.717, 1.165) is 0 Å². The zero-order valence-electron chi connectivity index (χ0n) is 14.3. The third-order valence-corrected chi connectivity index (χ3v) is 26.2. The van der Waals surface area contributed by atoms with E-state index in [4.69, 9.17) is 18.6 Å². The Hall–Kier alpha value is 0.951. The Morgan fingerprint density at radius 2 is 1.71 bits per heavy atom. The van der Waals surface area contributed by atoms with E-state index in [2.05, 4.69) is 53.8 Å². The van der Waals surface area contributed by atoms with Gasteiger partial charge in [-0.2, -0.15) is 0 Å². The van der Waals surface area contributed by atoms with Gasteiger partial charge in [0.1, 0.15) is 0 Å². The van der Waals surface area contributed by atoms with Gasteiger partial charge in [-0.05, 0) is 0 Å². The van der Waals surface area contributed by atoms with E-state index < -0.39 is 20.9 Å². The van der Waals surface area contributed by atoms with Gasteiger partial charge >= 0.3 is 145 Å². The van der Waals surface area contributed by atoms with Gasteiger partial charge in [0, 0.05) is 0 Å². The van der Waals surface area contributed by atoms with E-state index in [9.17, 15) is 0 Å². The molecular weight excluding hydrogens is 353 g/mol. The molecule has 1 saturated heterocycles. The van der Waals surface area contributed by atoms with Gasteiger partial charge in [-0.3, -0.25) is 0 Å². The molecule has 0 bridgehead atoms. The Bertz CT molecular complexity index is 507. The molecule has 1 heterocycles. The Kier molecular flexibility index (Phi) is 5.32. The van der Waals surface area contributed by atoms with Crippen LogP contribution in [0.2, 0.25) is 6.04 Å². The molecule has 0 radical (unpaired) electrons. The Morgan fingerprint density at radius 3 is 2.00 bits per heavy atom. The van der Waals surface area contributed by atoms with Crippen molar-refractivity contribution in [3.05, 3.63) is 21.9 Å². The van der Waals surface area contributed by atoms with E-state index in [1.165, 1.54) is 29.2 Å². The second-order valence-corrected chi connectivity index (χ2v) is 25.0. The van der Waals surface area contributed by atoms with Crippen LogP contribution < -0.4 is 5.32 Å². The van der Waals surface area contributed by atoms with Crippen molar-refractivity contribution in [2.75, 3.05) is 0 Å². The summed E-state index contributed by atoms with van der Waals surface area (Å²) >= 11 is -2.01. The van der Waals surface area contributed by atoms with E-state index >= 15 is 0 Å². The van der Waals surface area contributed by atoms with Crippen molar-refractivity contribution < 1.29 is 15.0 Å². The summed E-state index contributed by atoms with van der Waals surface area (Å²) in [5.41, 5.74) is 5.24. The van der Waals surface area contributed by atoms with Crippen molar-refractivity contribution >= 4 is 24.6 Å². The summed E-state index contributed by atoms with van der Waals surface area (Å²) in [6, 6.07) is 1.29. The predicted molar refractivity (Wildman–Crippen MR) is 93.8 cm³/mol. The minimum atomic E-state index is -2.01. The van der Waals surface area contributed by atoms with Crippen molar-refractivity contribution in [2.24, 2.45) is 5.92 Å². The van der Waals surface area contributed by atoms with Gasteiger partial charge in [-0.25, -0.2) is 0 Å². The molecule has 3 unspecified atom stereocenters.